The lowest BCUT2D eigenvalue weighted by Gasteiger charge is -2.18. The quantitative estimate of drug-likeness (QED) is 0.710. The first-order valence-corrected chi connectivity index (χ1v) is 5.65. The number of nitrogens with zero attached hydrogens (tertiary/aromatic N) is 3. The van der Waals surface area contributed by atoms with Crippen molar-refractivity contribution >= 4 is 23.6 Å². The van der Waals surface area contributed by atoms with E-state index < -0.39 is 6.09 Å². The number of amides is 2. The molecule has 2 aliphatic rings. The Kier molecular flexibility index (Phi) is 2.67. The number of fused-ring (bicyclic) bond motifs is 1. The summed E-state index contributed by atoms with van der Waals surface area (Å²) in [6, 6.07) is 0. The zero-order valence-electron chi connectivity index (χ0n) is 9.83. The van der Waals surface area contributed by atoms with Crippen LogP contribution < -0.4 is 20.7 Å². The molecule has 9 nitrogen and oxygen atoms in total. The average Bonchev–Trinajstić information content (AvgIpc) is 2.79. The summed E-state index contributed by atoms with van der Waals surface area (Å²) in [6.45, 7) is 0.445. The Bertz CT molecular complexity index is 549. The zero-order chi connectivity index (χ0) is 13.4. The lowest BCUT2D eigenvalue weighted by molar-refractivity contribution is -0.118. The number of nitrogens with two attached hydrogens (primary N) is 1. The van der Waals surface area contributed by atoms with Crippen LogP contribution in [0.2, 0.25) is 0 Å². The van der Waals surface area contributed by atoms with Crippen molar-refractivity contribution in [1.82, 2.24) is 9.97 Å². The summed E-state index contributed by atoms with van der Waals surface area (Å²) in [7, 11) is 0. The standard InChI is InChI=1S/C10H11N5O4/c11-1-5-3-15(10(17)19-5)6-2-12-9-8(13-6)14-7(16)4-18-9/h2,5H,1,3-4,11H2,(H,13,14,16)/t5-/m0/s1. The van der Waals surface area contributed by atoms with Gasteiger partial charge in [-0.05, 0) is 0 Å². The minimum Gasteiger partial charge on any atom is -0.465 e. The third kappa shape index (κ3) is 2.03. The SMILES string of the molecule is NC[C@H]1CN(c2cnc3c(n2)NC(=O)CO3)C(=O)O1. The lowest BCUT2D eigenvalue weighted by Crippen LogP contribution is -2.30. The molecule has 0 unspecified atom stereocenters. The normalized spacial score (nSPS) is 21.5. The van der Waals surface area contributed by atoms with Gasteiger partial charge in [0.1, 0.15) is 6.10 Å². The van der Waals surface area contributed by atoms with Gasteiger partial charge < -0.3 is 20.5 Å². The largest absolute Gasteiger partial charge is 0.465 e. The fourth-order valence-electron chi connectivity index (χ4n) is 1.82. The van der Waals surface area contributed by atoms with Gasteiger partial charge in [-0.1, -0.05) is 0 Å². The van der Waals surface area contributed by atoms with E-state index in [4.69, 9.17) is 15.2 Å². The molecule has 0 saturated carbocycles. The van der Waals surface area contributed by atoms with E-state index in [0.29, 0.717) is 6.54 Å². The highest BCUT2D eigenvalue weighted by atomic mass is 16.6. The Morgan fingerprint density at radius 3 is 3.11 bits per heavy atom. The maximum absolute atomic E-state index is 11.6. The van der Waals surface area contributed by atoms with Gasteiger partial charge in [-0.15, -0.1) is 0 Å². The molecule has 3 N–H and O–H groups in total. The summed E-state index contributed by atoms with van der Waals surface area (Å²) in [4.78, 5) is 32.3. The number of rotatable bonds is 2. The van der Waals surface area contributed by atoms with Crippen LogP contribution >= 0.6 is 0 Å². The van der Waals surface area contributed by atoms with Crippen molar-refractivity contribution in [3.8, 4) is 5.88 Å². The number of carbonyl (C=O) groups excluding carboxylic acids is 2. The molecule has 0 bridgehead atoms. The van der Waals surface area contributed by atoms with Crippen LogP contribution in [0.25, 0.3) is 0 Å². The molecule has 0 aliphatic carbocycles. The van der Waals surface area contributed by atoms with E-state index in [1.54, 1.807) is 0 Å². The molecule has 100 valence electrons. The van der Waals surface area contributed by atoms with Gasteiger partial charge in [0, 0.05) is 6.54 Å². The number of ether oxygens (including phenoxy) is 2. The third-order valence-electron chi connectivity index (χ3n) is 2.74. The van der Waals surface area contributed by atoms with E-state index >= 15 is 0 Å². The van der Waals surface area contributed by atoms with Crippen molar-refractivity contribution in [2.24, 2.45) is 5.73 Å². The van der Waals surface area contributed by atoms with Gasteiger partial charge in [0.2, 0.25) is 0 Å². The molecule has 1 aromatic rings. The second-order valence-corrected chi connectivity index (χ2v) is 4.07. The molecule has 1 aromatic heterocycles. The number of carbonyl (C=O) groups is 2. The molecule has 3 heterocycles. The first-order valence-electron chi connectivity index (χ1n) is 5.65. The van der Waals surface area contributed by atoms with Crippen LogP contribution in [0, 0.1) is 0 Å². The number of nitrogens with one attached hydrogen (secondary N) is 1. The van der Waals surface area contributed by atoms with Gasteiger partial charge in [-0.25, -0.2) is 14.8 Å². The molecule has 19 heavy (non-hydrogen) atoms. The van der Waals surface area contributed by atoms with Crippen LogP contribution in [0.5, 0.6) is 5.88 Å². The van der Waals surface area contributed by atoms with E-state index in [9.17, 15) is 9.59 Å². The van der Waals surface area contributed by atoms with Crippen LogP contribution in [-0.2, 0) is 9.53 Å². The van der Waals surface area contributed by atoms with Gasteiger partial charge in [0.15, 0.2) is 18.2 Å². The predicted molar refractivity (Wildman–Crippen MR) is 62.8 cm³/mol. The molecule has 1 fully saturated rings. The van der Waals surface area contributed by atoms with E-state index in [1.165, 1.54) is 11.1 Å². The van der Waals surface area contributed by atoms with Gasteiger partial charge in [0.25, 0.3) is 11.8 Å². The molecule has 2 aliphatic heterocycles. The van der Waals surface area contributed by atoms with Crippen LogP contribution in [-0.4, -0.2) is 47.8 Å². The lowest BCUT2D eigenvalue weighted by atomic mass is 10.3. The van der Waals surface area contributed by atoms with E-state index in [0.717, 1.165) is 0 Å². The number of anilines is 2. The highest BCUT2D eigenvalue weighted by Crippen LogP contribution is 2.27. The monoisotopic (exact) mass is 265 g/mol. The smallest absolute Gasteiger partial charge is 0.416 e. The fraction of sp³-hybridized carbons (Fsp3) is 0.400. The van der Waals surface area contributed by atoms with Crippen LogP contribution in [0.15, 0.2) is 6.20 Å². The van der Waals surface area contributed by atoms with Crippen molar-refractivity contribution in [2.75, 3.05) is 29.9 Å². The van der Waals surface area contributed by atoms with Gasteiger partial charge >= 0.3 is 6.09 Å². The predicted octanol–water partition coefficient (Wildman–Crippen LogP) is -0.909. The van der Waals surface area contributed by atoms with Crippen LogP contribution in [0.3, 0.4) is 0 Å². The van der Waals surface area contributed by atoms with Gasteiger partial charge in [-0.3, -0.25) is 9.69 Å². The van der Waals surface area contributed by atoms with E-state index in [2.05, 4.69) is 15.3 Å². The number of hydrogen-bond donors (Lipinski definition) is 2. The first-order chi connectivity index (χ1) is 9.17. The summed E-state index contributed by atoms with van der Waals surface area (Å²) >= 11 is 0. The molecule has 1 saturated heterocycles. The summed E-state index contributed by atoms with van der Waals surface area (Å²) in [5, 5.41) is 2.52. The zero-order valence-corrected chi connectivity index (χ0v) is 9.83. The molecular formula is C10H11N5O4. The van der Waals surface area contributed by atoms with Crippen molar-refractivity contribution in [2.45, 2.75) is 6.10 Å². The number of aromatic nitrogens is 2. The first kappa shape index (κ1) is 11.7. The van der Waals surface area contributed by atoms with Crippen LogP contribution in [0.4, 0.5) is 16.4 Å². The summed E-state index contributed by atoms with van der Waals surface area (Å²) in [5.74, 6) is 0.386. The molecule has 9 heteroatoms. The minimum absolute atomic E-state index is 0.0952. The molecule has 0 aromatic carbocycles. The number of cyclic esters (lactones) is 1. The Morgan fingerprint density at radius 1 is 1.53 bits per heavy atom. The Labute approximate surface area is 107 Å². The van der Waals surface area contributed by atoms with Crippen molar-refractivity contribution in [3.63, 3.8) is 0 Å². The Balaban J connectivity index is 1.88. The highest BCUT2D eigenvalue weighted by Gasteiger charge is 2.33. The second kappa shape index (κ2) is 4.35. The van der Waals surface area contributed by atoms with Crippen LogP contribution in [0.1, 0.15) is 0 Å². The Morgan fingerprint density at radius 2 is 2.37 bits per heavy atom. The Hall–Kier alpha value is -2.42. The molecular weight excluding hydrogens is 254 g/mol. The van der Waals surface area contributed by atoms with Gasteiger partial charge in [-0.2, -0.15) is 0 Å². The van der Waals surface area contributed by atoms with E-state index in [-0.39, 0.29) is 42.7 Å². The maximum Gasteiger partial charge on any atom is 0.416 e. The van der Waals surface area contributed by atoms with Crippen molar-refractivity contribution in [1.29, 1.82) is 0 Å². The number of hydrogen-bond acceptors (Lipinski definition) is 7. The summed E-state index contributed by atoms with van der Waals surface area (Å²) in [5.41, 5.74) is 5.45. The fourth-order valence-corrected chi connectivity index (χ4v) is 1.82. The molecule has 0 radical (unpaired) electrons. The molecule has 1 atom stereocenters. The molecule has 0 spiro atoms. The van der Waals surface area contributed by atoms with Crippen molar-refractivity contribution in [3.05, 3.63) is 6.20 Å². The minimum atomic E-state index is -0.534. The van der Waals surface area contributed by atoms with Gasteiger partial charge in [0.05, 0.1) is 12.7 Å². The maximum atomic E-state index is 11.6. The topological polar surface area (TPSA) is 120 Å². The highest BCUT2D eigenvalue weighted by molar-refractivity contribution is 5.94. The van der Waals surface area contributed by atoms with E-state index in [1.807, 2.05) is 0 Å². The second-order valence-electron chi connectivity index (χ2n) is 4.07. The third-order valence-corrected chi connectivity index (χ3v) is 2.74. The van der Waals surface area contributed by atoms with Crippen molar-refractivity contribution < 1.29 is 19.1 Å². The molecule has 3 rings (SSSR count). The summed E-state index contributed by atoms with van der Waals surface area (Å²) in [6.07, 6.45) is 0.486. The summed E-state index contributed by atoms with van der Waals surface area (Å²) < 4.78 is 10.1. The average molecular weight is 265 g/mol. The molecule has 2 amide bonds.